The van der Waals surface area contributed by atoms with Crippen LogP contribution in [-0.2, 0) is 6.54 Å². The molecule has 4 heterocycles. The standard InChI is InChI=1S/C24H22N4O2S/c1-2-5-19-18(4-1)24(26-23(25-19)22-6-3-13-31-22)28-11-9-27(10-12-28)15-17-7-8-20-21(14-17)30-16-29-20/h1-8,13-14H,9-12,15-16H2. The minimum atomic E-state index is 0.317. The SMILES string of the molecule is c1csc(-c2nc(N3CCN(Cc4ccc5c(c4)OCO5)CC3)c3ccccc3n2)c1. The van der Waals surface area contributed by atoms with Crippen LogP contribution < -0.4 is 14.4 Å². The van der Waals surface area contributed by atoms with Crippen LogP contribution in [-0.4, -0.2) is 47.8 Å². The largest absolute Gasteiger partial charge is 0.454 e. The van der Waals surface area contributed by atoms with Crippen LogP contribution in [0.15, 0.2) is 60.0 Å². The molecule has 6 nitrogen and oxygen atoms in total. The van der Waals surface area contributed by atoms with E-state index in [-0.39, 0.29) is 0 Å². The lowest BCUT2D eigenvalue weighted by Crippen LogP contribution is -2.46. The van der Waals surface area contributed by atoms with Gasteiger partial charge in [0.25, 0.3) is 0 Å². The summed E-state index contributed by atoms with van der Waals surface area (Å²) in [6, 6.07) is 18.7. The lowest BCUT2D eigenvalue weighted by atomic mass is 10.1. The molecule has 0 bridgehead atoms. The molecule has 4 aromatic rings. The van der Waals surface area contributed by atoms with Gasteiger partial charge in [0.2, 0.25) is 6.79 Å². The van der Waals surface area contributed by atoms with Crippen LogP contribution in [0.1, 0.15) is 5.56 Å². The molecule has 2 aliphatic rings. The first-order chi connectivity index (χ1) is 15.3. The van der Waals surface area contributed by atoms with Gasteiger partial charge in [0.05, 0.1) is 10.4 Å². The van der Waals surface area contributed by atoms with Crippen molar-refractivity contribution >= 4 is 28.1 Å². The number of nitrogens with zero attached hydrogens (tertiary/aromatic N) is 4. The van der Waals surface area contributed by atoms with Gasteiger partial charge in [-0.3, -0.25) is 4.90 Å². The second-order valence-electron chi connectivity index (χ2n) is 7.82. The van der Waals surface area contributed by atoms with Gasteiger partial charge in [-0.25, -0.2) is 9.97 Å². The van der Waals surface area contributed by atoms with Crippen LogP contribution in [0, 0.1) is 0 Å². The first-order valence-corrected chi connectivity index (χ1v) is 11.4. The number of ether oxygens (including phenoxy) is 2. The van der Waals surface area contributed by atoms with Crippen LogP contribution in [0.2, 0.25) is 0 Å². The van der Waals surface area contributed by atoms with Gasteiger partial charge in [0, 0.05) is 38.1 Å². The number of benzene rings is 2. The molecule has 0 N–H and O–H groups in total. The summed E-state index contributed by atoms with van der Waals surface area (Å²) in [5.41, 5.74) is 2.25. The number of hydrogen-bond donors (Lipinski definition) is 0. The fourth-order valence-corrected chi connectivity index (χ4v) is 4.89. The van der Waals surface area contributed by atoms with Crippen molar-refractivity contribution in [2.45, 2.75) is 6.54 Å². The van der Waals surface area contributed by atoms with Gasteiger partial charge in [0.1, 0.15) is 5.82 Å². The fourth-order valence-electron chi connectivity index (χ4n) is 4.23. The quantitative estimate of drug-likeness (QED) is 0.478. The number of aromatic nitrogens is 2. The van der Waals surface area contributed by atoms with Gasteiger partial charge in [-0.15, -0.1) is 11.3 Å². The molecular weight excluding hydrogens is 408 g/mol. The second kappa shape index (κ2) is 7.83. The predicted molar refractivity (Wildman–Crippen MR) is 123 cm³/mol. The molecule has 0 saturated carbocycles. The smallest absolute Gasteiger partial charge is 0.231 e. The molecule has 156 valence electrons. The van der Waals surface area contributed by atoms with E-state index in [9.17, 15) is 0 Å². The zero-order valence-electron chi connectivity index (χ0n) is 17.0. The van der Waals surface area contributed by atoms with Crippen LogP contribution in [0.4, 0.5) is 5.82 Å². The van der Waals surface area contributed by atoms with E-state index in [4.69, 9.17) is 19.4 Å². The van der Waals surface area contributed by atoms with E-state index in [1.165, 1.54) is 5.56 Å². The molecule has 0 amide bonds. The lowest BCUT2D eigenvalue weighted by molar-refractivity contribution is 0.174. The Kier molecular flexibility index (Phi) is 4.70. The Balaban J connectivity index is 1.22. The van der Waals surface area contributed by atoms with Crippen LogP contribution in [0.25, 0.3) is 21.6 Å². The summed E-state index contributed by atoms with van der Waals surface area (Å²) in [5.74, 6) is 3.54. The van der Waals surface area contributed by atoms with Gasteiger partial charge < -0.3 is 14.4 Å². The molecular formula is C24H22N4O2S. The number of rotatable bonds is 4. The maximum absolute atomic E-state index is 5.52. The maximum atomic E-state index is 5.52. The summed E-state index contributed by atoms with van der Waals surface area (Å²) in [4.78, 5) is 15.8. The molecule has 2 aromatic carbocycles. The summed E-state index contributed by atoms with van der Waals surface area (Å²) >= 11 is 1.68. The van der Waals surface area contributed by atoms with E-state index >= 15 is 0 Å². The Labute approximate surface area is 184 Å². The molecule has 6 rings (SSSR count). The number of piperazine rings is 1. The van der Waals surface area contributed by atoms with Crippen molar-refractivity contribution in [2.75, 3.05) is 37.9 Å². The molecule has 0 spiro atoms. The number of fused-ring (bicyclic) bond motifs is 2. The van der Waals surface area contributed by atoms with Crippen molar-refractivity contribution < 1.29 is 9.47 Å². The molecule has 0 aliphatic carbocycles. The van der Waals surface area contributed by atoms with Crippen molar-refractivity contribution in [3.8, 4) is 22.2 Å². The Morgan fingerprint density at radius 1 is 0.871 bits per heavy atom. The number of para-hydroxylation sites is 1. The summed E-state index contributed by atoms with van der Waals surface area (Å²) in [7, 11) is 0. The summed E-state index contributed by atoms with van der Waals surface area (Å²) < 4.78 is 10.9. The van der Waals surface area contributed by atoms with E-state index < -0.39 is 0 Å². The zero-order valence-corrected chi connectivity index (χ0v) is 17.8. The normalized spacial score (nSPS) is 16.2. The minimum absolute atomic E-state index is 0.317. The Morgan fingerprint density at radius 2 is 1.74 bits per heavy atom. The molecule has 1 saturated heterocycles. The third-order valence-corrected chi connectivity index (χ3v) is 6.71. The Bertz CT molecular complexity index is 1220. The fraction of sp³-hybridized carbons (Fsp3) is 0.250. The molecule has 0 atom stereocenters. The highest BCUT2D eigenvalue weighted by Gasteiger charge is 2.22. The van der Waals surface area contributed by atoms with Crippen LogP contribution in [0.5, 0.6) is 11.5 Å². The van der Waals surface area contributed by atoms with Gasteiger partial charge in [-0.05, 0) is 41.3 Å². The third-order valence-electron chi connectivity index (χ3n) is 5.84. The molecule has 2 aliphatic heterocycles. The first kappa shape index (κ1) is 18.6. The van der Waals surface area contributed by atoms with Crippen LogP contribution in [0.3, 0.4) is 0 Å². The second-order valence-corrected chi connectivity index (χ2v) is 8.76. The summed E-state index contributed by atoms with van der Waals surface area (Å²) in [6.45, 7) is 5.08. The van der Waals surface area contributed by atoms with Gasteiger partial charge in [-0.1, -0.05) is 24.3 Å². The third kappa shape index (κ3) is 3.60. The molecule has 1 fully saturated rings. The highest BCUT2D eigenvalue weighted by Crippen LogP contribution is 2.33. The monoisotopic (exact) mass is 430 g/mol. The lowest BCUT2D eigenvalue weighted by Gasteiger charge is -2.36. The number of hydrogen-bond acceptors (Lipinski definition) is 7. The van der Waals surface area contributed by atoms with Crippen molar-refractivity contribution in [1.29, 1.82) is 0 Å². The van der Waals surface area contributed by atoms with Gasteiger partial charge in [0.15, 0.2) is 17.3 Å². The van der Waals surface area contributed by atoms with E-state index in [0.717, 1.165) is 71.6 Å². The first-order valence-electron chi connectivity index (χ1n) is 10.5. The number of anilines is 1. The van der Waals surface area contributed by atoms with Gasteiger partial charge >= 0.3 is 0 Å². The Hall–Kier alpha value is -3.16. The summed E-state index contributed by atoms with van der Waals surface area (Å²) in [6.07, 6.45) is 0. The average Bonchev–Trinajstić information content (AvgIpc) is 3.51. The topological polar surface area (TPSA) is 50.7 Å². The molecule has 0 unspecified atom stereocenters. The highest BCUT2D eigenvalue weighted by molar-refractivity contribution is 7.13. The van der Waals surface area contributed by atoms with Crippen molar-refractivity contribution in [2.24, 2.45) is 0 Å². The zero-order chi connectivity index (χ0) is 20.6. The van der Waals surface area contributed by atoms with E-state index in [0.29, 0.717) is 6.79 Å². The van der Waals surface area contributed by atoms with Crippen LogP contribution >= 0.6 is 11.3 Å². The van der Waals surface area contributed by atoms with E-state index in [2.05, 4.69) is 51.6 Å². The maximum Gasteiger partial charge on any atom is 0.231 e. The highest BCUT2D eigenvalue weighted by atomic mass is 32.1. The minimum Gasteiger partial charge on any atom is -0.454 e. The molecule has 2 aromatic heterocycles. The molecule has 31 heavy (non-hydrogen) atoms. The van der Waals surface area contributed by atoms with E-state index in [1.54, 1.807) is 11.3 Å². The van der Waals surface area contributed by atoms with Crippen molar-refractivity contribution in [3.05, 3.63) is 65.5 Å². The van der Waals surface area contributed by atoms with Gasteiger partial charge in [-0.2, -0.15) is 0 Å². The van der Waals surface area contributed by atoms with Crippen molar-refractivity contribution in [3.63, 3.8) is 0 Å². The average molecular weight is 431 g/mol. The number of thiophene rings is 1. The Morgan fingerprint density at radius 3 is 2.61 bits per heavy atom. The predicted octanol–water partition coefficient (Wildman–Crippen LogP) is 4.41. The van der Waals surface area contributed by atoms with E-state index in [1.807, 2.05) is 18.2 Å². The molecule has 0 radical (unpaired) electrons. The molecule has 7 heteroatoms. The summed E-state index contributed by atoms with van der Waals surface area (Å²) in [5, 5.41) is 3.19. The van der Waals surface area contributed by atoms with Crippen molar-refractivity contribution in [1.82, 2.24) is 14.9 Å².